The molecule has 1 heterocycles. The van der Waals surface area contributed by atoms with Crippen LogP contribution in [0.1, 0.15) is 30.4 Å². The molecule has 4 nitrogen and oxygen atoms in total. The SMILES string of the molecule is COC(=O)C1=CSC=CN1C(=O)CCCC1=Cc2ccccc2C1. The molecule has 1 aliphatic heterocycles. The van der Waals surface area contributed by atoms with Gasteiger partial charge in [0.05, 0.1) is 7.11 Å². The van der Waals surface area contributed by atoms with Gasteiger partial charge in [0.25, 0.3) is 0 Å². The summed E-state index contributed by atoms with van der Waals surface area (Å²) in [4.78, 5) is 25.6. The van der Waals surface area contributed by atoms with E-state index in [-0.39, 0.29) is 11.6 Å². The van der Waals surface area contributed by atoms with Gasteiger partial charge in [-0.3, -0.25) is 9.69 Å². The maximum absolute atomic E-state index is 12.4. The lowest BCUT2D eigenvalue weighted by atomic mass is 10.1. The molecule has 1 aliphatic carbocycles. The molecular formula is C19H19NO3S. The Kier molecular flexibility index (Phi) is 5.20. The molecule has 0 saturated carbocycles. The molecule has 124 valence electrons. The second kappa shape index (κ2) is 7.53. The van der Waals surface area contributed by atoms with Crippen molar-refractivity contribution in [2.45, 2.75) is 25.7 Å². The molecule has 0 atom stereocenters. The van der Waals surface area contributed by atoms with Gasteiger partial charge in [0, 0.05) is 18.0 Å². The van der Waals surface area contributed by atoms with Crippen LogP contribution in [0.2, 0.25) is 0 Å². The lowest BCUT2D eigenvalue weighted by Gasteiger charge is -2.22. The Labute approximate surface area is 145 Å². The number of hydrogen-bond acceptors (Lipinski definition) is 4. The summed E-state index contributed by atoms with van der Waals surface area (Å²) in [7, 11) is 1.32. The fraction of sp³-hybridized carbons (Fsp3) is 0.263. The minimum Gasteiger partial charge on any atom is -0.464 e. The van der Waals surface area contributed by atoms with Crippen LogP contribution >= 0.6 is 11.8 Å². The van der Waals surface area contributed by atoms with Crippen LogP contribution in [0, 0.1) is 0 Å². The summed E-state index contributed by atoms with van der Waals surface area (Å²) in [5.74, 6) is -0.575. The Hall–Kier alpha value is -2.27. The van der Waals surface area contributed by atoms with E-state index in [0.29, 0.717) is 6.42 Å². The van der Waals surface area contributed by atoms with E-state index in [1.807, 2.05) is 6.07 Å². The standard InChI is InChI=1S/C19H19NO3S/c1-23-19(22)17-13-24-10-9-20(17)18(21)8-4-5-14-11-15-6-2-3-7-16(15)12-14/h2-3,6-7,9-11,13H,4-5,8,12H2,1H3. The van der Waals surface area contributed by atoms with E-state index in [1.165, 1.54) is 40.5 Å². The van der Waals surface area contributed by atoms with Crippen molar-refractivity contribution in [2.75, 3.05) is 7.11 Å². The molecule has 24 heavy (non-hydrogen) atoms. The fourth-order valence-electron chi connectivity index (χ4n) is 2.90. The summed E-state index contributed by atoms with van der Waals surface area (Å²) in [5.41, 5.74) is 4.27. The number of esters is 1. The minimum absolute atomic E-state index is 0.0840. The quantitative estimate of drug-likeness (QED) is 0.763. The third-order valence-corrected chi connectivity index (χ3v) is 4.75. The summed E-state index contributed by atoms with van der Waals surface area (Å²) >= 11 is 1.36. The summed E-state index contributed by atoms with van der Waals surface area (Å²) in [5, 5.41) is 3.42. The van der Waals surface area contributed by atoms with Gasteiger partial charge in [0.2, 0.25) is 5.91 Å². The van der Waals surface area contributed by atoms with Gasteiger partial charge in [-0.2, -0.15) is 0 Å². The molecule has 2 aliphatic rings. The molecular weight excluding hydrogens is 322 g/mol. The van der Waals surface area contributed by atoms with E-state index < -0.39 is 5.97 Å². The molecule has 0 bridgehead atoms. The highest BCUT2D eigenvalue weighted by Gasteiger charge is 2.24. The number of carbonyl (C=O) groups is 2. The third-order valence-electron chi connectivity index (χ3n) is 4.11. The molecule has 0 aromatic heterocycles. The number of allylic oxidation sites excluding steroid dienone is 1. The zero-order valence-electron chi connectivity index (χ0n) is 13.5. The van der Waals surface area contributed by atoms with Gasteiger partial charge in [-0.25, -0.2) is 4.79 Å². The van der Waals surface area contributed by atoms with E-state index in [4.69, 9.17) is 4.74 Å². The van der Waals surface area contributed by atoms with E-state index in [9.17, 15) is 9.59 Å². The zero-order chi connectivity index (χ0) is 16.9. The van der Waals surface area contributed by atoms with E-state index in [1.54, 1.807) is 17.0 Å². The summed E-state index contributed by atoms with van der Waals surface area (Å²) in [6, 6.07) is 8.37. The van der Waals surface area contributed by atoms with Gasteiger partial charge in [0.1, 0.15) is 5.70 Å². The number of benzene rings is 1. The zero-order valence-corrected chi connectivity index (χ0v) is 14.3. The second-order valence-electron chi connectivity index (χ2n) is 5.71. The van der Waals surface area contributed by atoms with Gasteiger partial charge >= 0.3 is 5.97 Å². The smallest absolute Gasteiger partial charge is 0.355 e. The van der Waals surface area contributed by atoms with Crippen molar-refractivity contribution >= 4 is 29.7 Å². The van der Waals surface area contributed by atoms with Crippen LogP contribution in [0.5, 0.6) is 0 Å². The maximum atomic E-state index is 12.4. The Balaban J connectivity index is 1.53. The highest BCUT2D eigenvalue weighted by atomic mass is 32.2. The topological polar surface area (TPSA) is 46.6 Å². The first-order valence-corrected chi connectivity index (χ1v) is 8.83. The van der Waals surface area contributed by atoms with Crippen LogP contribution in [0.3, 0.4) is 0 Å². The Morgan fingerprint density at radius 1 is 1.29 bits per heavy atom. The van der Waals surface area contributed by atoms with Crippen LogP contribution in [0.4, 0.5) is 0 Å². The molecule has 5 heteroatoms. The van der Waals surface area contributed by atoms with Gasteiger partial charge < -0.3 is 4.74 Å². The van der Waals surface area contributed by atoms with Crippen molar-refractivity contribution in [2.24, 2.45) is 0 Å². The lowest BCUT2D eigenvalue weighted by Crippen LogP contribution is -2.30. The number of fused-ring (bicyclic) bond motifs is 1. The number of amides is 1. The molecule has 1 amide bonds. The maximum Gasteiger partial charge on any atom is 0.355 e. The van der Waals surface area contributed by atoms with Crippen LogP contribution in [0.25, 0.3) is 6.08 Å². The van der Waals surface area contributed by atoms with Crippen LogP contribution < -0.4 is 0 Å². The molecule has 0 unspecified atom stereocenters. The third kappa shape index (κ3) is 3.62. The number of thioether (sulfide) groups is 1. The first-order chi connectivity index (χ1) is 11.7. The molecule has 1 aromatic carbocycles. The van der Waals surface area contributed by atoms with Gasteiger partial charge in [-0.15, -0.1) is 11.8 Å². The van der Waals surface area contributed by atoms with Crippen molar-refractivity contribution in [3.05, 3.63) is 63.7 Å². The van der Waals surface area contributed by atoms with Crippen molar-refractivity contribution < 1.29 is 14.3 Å². The lowest BCUT2D eigenvalue weighted by molar-refractivity contribution is -0.140. The van der Waals surface area contributed by atoms with Gasteiger partial charge in [-0.1, -0.05) is 35.9 Å². The predicted molar refractivity (Wildman–Crippen MR) is 95.7 cm³/mol. The summed E-state index contributed by atoms with van der Waals surface area (Å²) in [6.45, 7) is 0. The Morgan fingerprint density at radius 2 is 2.12 bits per heavy atom. The van der Waals surface area contributed by atoms with Crippen LogP contribution in [0.15, 0.2) is 52.6 Å². The molecule has 3 rings (SSSR count). The number of nitrogens with zero attached hydrogens (tertiary/aromatic N) is 1. The van der Waals surface area contributed by atoms with E-state index >= 15 is 0 Å². The molecule has 0 radical (unpaired) electrons. The summed E-state index contributed by atoms with van der Waals surface area (Å²) in [6.07, 6.45) is 6.88. The highest BCUT2D eigenvalue weighted by molar-refractivity contribution is 8.05. The monoisotopic (exact) mass is 341 g/mol. The van der Waals surface area contributed by atoms with Crippen molar-refractivity contribution in [1.82, 2.24) is 4.90 Å². The van der Waals surface area contributed by atoms with E-state index in [2.05, 4.69) is 24.3 Å². The van der Waals surface area contributed by atoms with Gasteiger partial charge in [0.15, 0.2) is 0 Å². The van der Waals surface area contributed by atoms with Gasteiger partial charge in [-0.05, 0) is 35.8 Å². The molecule has 0 spiro atoms. The average Bonchev–Trinajstić information content (AvgIpc) is 3.03. The predicted octanol–water partition coefficient (Wildman–Crippen LogP) is 3.86. The number of rotatable bonds is 5. The first kappa shape index (κ1) is 16.6. The van der Waals surface area contributed by atoms with Crippen LogP contribution in [-0.2, 0) is 20.7 Å². The number of hydrogen-bond donors (Lipinski definition) is 0. The largest absolute Gasteiger partial charge is 0.464 e. The number of ether oxygens (including phenoxy) is 1. The molecule has 0 saturated heterocycles. The summed E-state index contributed by atoms with van der Waals surface area (Å²) < 4.78 is 4.73. The minimum atomic E-state index is -0.492. The normalized spacial score (nSPS) is 15.6. The number of methoxy groups -OCH3 is 1. The second-order valence-corrected chi connectivity index (χ2v) is 6.49. The van der Waals surface area contributed by atoms with Crippen molar-refractivity contribution in [3.8, 4) is 0 Å². The fourth-order valence-corrected chi connectivity index (χ4v) is 3.51. The van der Waals surface area contributed by atoms with Crippen molar-refractivity contribution in [1.29, 1.82) is 0 Å². The molecule has 0 fully saturated rings. The Morgan fingerprint density at radius 3 is 2.92 bits per heavy atom. The average molecular weight is 341 g/mol. The van der Waals surface area contributed by atoms with E-state index in [0.717, 1.165) is 19.3 Å². The first-order valence-electron chi connectivity index (χ1n) is 7.89. The van der Waals surface area contributed by atoms with Crippen molar-refractivity contribution in [3.63, 3.8) is 0 Å². The molecule has 0 N–H and O–H groups in total. The van der Waals surface area contributed by atoms with Crippen LogP contribution in [-0.4, -0.2) is 23.9 Å². The Bertz CT molecular complexity index is 749. The molecule has 1 aromatic rings. The highest BCUT2D eigenvalue weighted by Crippen LogP contribution is 2.28. The number of carbonyl (C=O) groups excluding carboxylic acids is 2.